The highest BCUT2D eigenvalue weighted by atomic mass is 35.5. The number of rotatable bonds is 10. The van der Waals surface area contributed by atoms with E-state index in [4.69, 9.17) is 26.1 Å². The molecule has 27 heavy (non-hydrogen) atoms. The van der Waals surface area contributed by atoms with Crippen LogP contribution in [0.25, 0.3) is 0 Å². The van der Waals surface area contributed by atoms with Gasteiger partial charge in [0.25, 0.3) is 5.91 Å². The lowest BCUT2D eigenvalue weighted by Crippen LogP contribution is -2.40. The van der Waals surface area contributed by atoms with Crippen molar-refractivity contribution in [1.29, 1.82) is 0 Å². The number of hydrogen-bond acceptors (Lipinski definition) is 5. The number of allylic oxidation sites excluding steroid dienone is 4. The van der Waals surface area contributed by atoms with Crippen molar-refractivity contribution >= 4 is 23.4 Å². The average Bonchev–Trinajstić information content (AvgIpc) is 2.61. The van der Waals surface area contributed by atoms with Crippen molar-refractivity contribution < 1.29 is 28.5 Å². The lowest BCUT2D eigenvalue weighted by Gasteiger charge is -2.27. The van der Waals surface area contributed by atoms with Crippen molar-refractivity contribution in [2.24, 2.45) is 5.92 Å². The topological polar surface area (TPSA) is 85.9 Å². The zero-order valence-corrected chi connectivity index (χ0v) is 15.9. The summed E-state index contributed by atoms with van der Waals surface area (Å²) in [5.41, 5.74) is 0.492. The Bertz CT molecular complexity index is 621. The predicted molar refractivity (Wildman–Crippen MR) is 98.8 cm³/mol. The highest BCUT2D eigenvalue weighted by Gasteiger charge is 2.30. The molecule has 2 amide bonds. The van der Waals surface area contributed by atoms with Crippen LogP contribution in [0.4, 0.5) is 4.39 Å². The summed E-state index contributed by atoms with van der Waals surface area (Å²) in [6.07, 6.45) is 4.42. The summed E-state index contributed by atoms with van der Waals surface area (Å²) >= 11 is 5.50. The van der Waals surface area contributed by atoms with E-state index in [1.54, 1.807) is 6.92 Å². The Morgan fingerprint density at radius 3 is 2.81 bits per heavy atom. The number of ether oxygens (including phenoxy) is 1. The van der Waals surface area contributed by atoms with Gasteiger partial charge in [-0.05, 0) is 25.5 Å². The van der Waals surface area contributed by atoms with Crippen molar-refractivity contribution in [2.45, 2.75) is 25.9 Å². The molecule has 1 aliphatic heterocycles. The molecule has 0 spiro atoms. The van der Waals surface area contributed by atoms with Crippen LogP contribution >= 0.6 is 11.6 Å². The van der Waals surface area contributed by atoms with Gasteiger partial charge in [-0.3, -0.25) is 9.59 Å². The summed E-state index contributed by atoms with van der Waals surface area (Å²) in [4.78, 5) is 33.6. The maximum absolute atomic E-state index is 12.6. The molecular formula is C18H24ClFN2O5. The van der Waals surface area contributed by atoms with Crippen LogP contribution in [0.1, 0.15) is 19.8 Å². The highest BCUT2D eigenvalue weighted by Crippen LogP contribution is 2.18. The molecule has 2 unspecified atom stereocenters. The molecule has 1 aliphatic rings. The van der Waals surface area contributed by atoms with Gasteiger partial charge in [-0.25, -0.2) is 14.2 Å². The molecule has 1 rings (SSSR count). The molecule has 0 aromatic rings. The molecule has 150 valence electrons. The van der Waals surface area contributed by atoms with Gasteiger partial charge in [-0.1, -0.05) is 24.8 Å². The fraction of sp³-hybridized carbons (Fsp3) is 0.444. The van der Waals surface area contributed by atoms with Crippen LogP contribution in [-0.4, -0.2) is 37.7 Å². The number of amides is 2. The third kappa shape index (κ3) is 9.37. The van der Waals surface area contributed by atoms with E-state index in [1.165, 1.54) is 18.4 Å². The molecule has 1 heterocycles. The number of nitrogens with one attached hydrogen (secondary N) is 2. The Kier molecular flexibility index (Phi) is 10.4. The van der Waals surface area contributed by atoms with Gasteiger partial charge in [0.1, 0.15) is 11.9 Å². The minimum atomic E-state index is -0.759. The van der Waals surface area contributed by atoms with Crippen molar-refractivity contribution in [3.8, 4) is 0 Å². The molecular weight excluding hydrogens is 379 g/mol. The highest BCUT2D eigenvalue weighted by molar-refractivity contribution is 6.31. The van der Waals surface area contributed by atoms with Crippen LogP contribution in [0.3, 0.4) is 0 Å². The smallest absolute Gasteiger partial charge is 0.257 e. The second kappa shape index (κ2) is 12.3. The van der Waals surface area contributed by atoms with Crippen molar-refractivity contribution in [3.63, 3.8) is 0 Å². The Labute approximate surface area is 162 Å². The Balaban J connectivity index is 2.18. The predicted octanol–water partition coefficient (Wildman–Crippen LogP) is 2.62. The Morgan fingerprint density at radius 1 is 1.41 bits per heavy atom. The third-order valence-corrected chi connectivity index (χ3v) is 3.91. The van der Waals surface area contributed by atoms with Crippen LogP contribution in [0.2, 0.25) is 0 Å². The largest absolute Gasteiger partial charge is 0.491 e. The summed E-state index contributed by atoms with van der Waals surface area (Å²) in [5.74, 6) is -1.60. The second-order valence-corrected chi connectivity index (χ2v) is 6.18. The van der Waals surface area contributed by atoms with Gasteiger partial charge < -0.3 is 15.4 Å². The zero-order valence-electron chi connectivity index (χ0n) is 15.1. The molecule has 2 atom stereocenters. The number of carbonyl (C=O) groups excluding carboxylic acids is 2. The molecule has 7 nitrogen and oxygen atoms in total. The monoisotopic (exact) mass is 402 g/mol. The van der Waals surface area contributed by atoms with E-state index in [1.807, 2.05) is 0 Å². The number of carbonyl (C=O) groups is 2. The van der Waals surface area contributed by atoms with E-state index in [9.17, 15) is 14.0 Å². The van der Waals surface area contributed by atoms with Gasteiger partial charge in [0, 0.05) is 18.7 Å². The summed E-state index contributed by atoms with van der Waals surface area (Å²) in [6.45, 7) is 9.00. The van der Waals surface area contributed by atoms with E-state index in [0.717, 1.165) is 0 Å². The van der Waals surface area contributed by atoms with Crippen molar-refractivity contribution in [3.05, 3.63) is 48.1 Å². The van der Waals surface area contributed by atoms with Crippen LogP contribution in [0, 0.1) is 5.92 Å². The fourth-order valence-corrected chi connectivity index (χ4v) is 2.18. The SMILES string of the molecule is C=C(CCNC(=O)CO/C=C/C=C(/Cl)C(=C)F)NC(=O)C1CCOOC1C. The lowest BCUT2D eigenvalue weighted by molar-refractivity contribution is -0.350. The first-order valence-electron chi connectivity index (χ1n) is 8.33. The fourth-order valence-electron chi connectivity index (χ4n) is 2.10. The van der Waals surface area contributed by atoms with Gasteiger partial charge in [0.05, 0.1) is 23.8 Å². The van der Waals surface area contributed by atoms with Gasteiger partial charge in [-0.15, -0.1) is 0 Å². The Morgan fingerprint density at radius 2 is 2.15 bits per heavy atom. The molecule has 0 aliphatic carbocycles. The van der Waals surface area contributed by atoms with Gasteiger partial charge >= 0.3 is 0 Å². The van der Waals surface area contributed by atoms with Gasteiger partial charge in [0.15, 0.2) is 6.61 Å². The minimum Gasteiger partial charge on any atom is -0.491 e. The van der Waals surface area contributed by atoms with E-state index >= 15 is 0 Å². The normalized spacial score (nSPS) is 20.2. The van der Waals surface area contributed by atoms with E-state index < -0.39 is 5.83 Å². The second-order valence-electron chi connectivity index (χ2n) is 5.77. The van der Waals surface area contributed by atoms with Crippen molar-refractivity contribution in [2.75, 3.05) is 19.8 Å². The standard InChI is InChI=1S/C18H24ClFN2O5/c1-12(22-18(24)15-7-10-26-27-14(15)3)6-8-21-17(23)11-25-9-4-5-16(19)13(2)20/h4-5,9,14-15H,1-2,6-8,10-11H2,3H3,(H,21,23)(H,22,24)/b9-4+,16-5+. The van der Waals surface area contributed by atoms with Crippen molar-refractivity contribution in [1.82, 2.24) is 10.6 Å². The minimum absolute atomic E-state index is 0.151. The maximum Gasteiger partial charge on any atom is 0.257 e. The Hall–Kier alpha value is -2.16. The van der Waals surface area contributed by atoms with E-state index in [-0.39, 0.29) is 42.0 Å². The quantitative estimate of drug-likeness (QED) is 0.333. The third-order valence-electron chi connectivity index (χ3n) is 3.58. The number of halogens is 2. The summed E-state index contributed by atoms with van der Waals surface area (Å²) in [5, 5.41) is 5.19. The first-order valence-corrected chi connectivity index (χ1v) is 8.71. The molecule has 0 aromatic carbocycles. The molecule has 0 bridgehead atoms. The van der Waals surface area contributed by atoms with E-state index in [0.29, 0.717) is 25.1 Å². The molecule has 0 aromatic heterocycles. The molecule has 2 N–H and O–H groups in total. The van der Waals surface area contributed by atoms with Crippen LogP contribution < -0.4 is 10.6 Å². The molecule has 1 saturated heterocycles. The molecule has 0 saturated carbocycles. The summed E-state index contributed by atoms with van der Waals surface area (Å²) < 4.78 is 17.5. The van der Waals surface area contributed by atoms with Crippen LogP contribution in [0.5, 0.6) is 0 Å². The van der Waals surface area contributed by atoms with Crippen LogP contribution in [0.15, 0.2) is 48.1 Å². The summed E-state index contributed by atoms with van der Waals surface area (Å²) in [7, 11) is 0. The van der Waals surface area contributed by atoms with Crippen LogP contribution in [-0.2, 0) is 24.1 Å². The molecule has 1 fully saturated rings. The molecule has 9 heteroatoms. The van der Waals surface area contributed by atoms with Gasteiger partial charge in [-0.2, -0.15) is 0 Å². The zero-order chi connectivity index (χ0) is 20.2. The first kappa shape index (κ1) is 22.9. The van der Waals surface area contributed by atoms with Gasteiger partial charge in [0.2, 0.25) is 5.91 Å². The summed E-state index contributed by atoms with van der Waals surface area (Å²) in [6, 6.07) is 0. The average molecular weight is 403 g/mol. The number of hydrogen-bond donors (Lipinski definition) is 2. The van der Waals surface area contributed by atoms with E-state index in [2.05, 4.69) is 23.8 Å². The lowest BCUT2D eigenvalue weighted by atomic mass is 9.98. The maximum atomic E-state index is 12.6. The molecule has 0 radical (unpaired) electrons. The first-order chi connectivity index (χ1) is 12.8.